The summed E-state index contributed by atoms with van der Waals surface area (Å²) < 4.78 is 164. The first kappa shape index (κ1) is 19.5. The van der Waals surface area contributed by atoms with Gasteiger partial charge in [0.1, 0.15) is 0 Å². The molecule has 9 nitrogen and oxygen atoms in total. The molecule has 0 bridgehead atoms. The fourth-order valence-corrected chi connectivity index (χ4v) is 2.29. The van der Waals surface area contributed by atoms with Crippen LogP contribution in [0.25, 0.3) is 0 Å². The molecular weight excluding hydrogens is 426 g/mol. The summed E-state index contributed by atoms with van der Waals surface area (Å²) in [6, 6.07) is -17.0. The van der Waals surface area contributed by atoms with Crippen molar-refractivity contribution < 1.29 is 53.3 Å². The maximum atomic E-state index is 14.9. The summed E-state index contributed by atoms with van der Waals surface area (Å²) in [7, 11) is 0. The van der Waals surface area contributed by atoms with E-state index in [0.717, 1.165) is 0 Å². The number of hydrogen-bond donors (Lipinski definition) is 1. The van der Waals surface area contributed by atoms with Crippen LogP contribution in [-0.2, 0) is 0 Å². The van der Waals surface area contributed by atoms with Gasteiger partial charge < -0.3 is 0 Å². The van der Waals surface area contributed by atoms with E-state index in [-0.39, 0.29) is 0 Å². The van der Waals surface area contributed by atoms with Crippen molar-refractivity contribution in [3.63, 3.8) is 0 Å². The van der Waals surface area contributed by atoms with Crippen LogP contribution in [0.1, 0.15) is 0 Å². The van der Waals surface area contributed by atoms with Gasteiger partial charge in [-0.2, -0.15) is 31.9 Å². The lowest BCUT2D eigenvalue weighted by Crippen LogP contribution is -2.91. The number of alkyl halides is 5. The minimum Gasteiger partial charge on any atom is -0.207 e. The van der Waals surface area contributed by atoms with Crippen molar-refractivity contribution in [3.8, 4) is 0 Å². The summed E-state index contributed by atoms with van der Waals surface area (Å²) in [4.78, 5) is 2.27. The maximum Gasteiger partial charge on any atom is 0.443 e. The number of nitrogens with zero attached hydrogens (tertiary/aromatic N) is 8. The number of aliphatic imine (C=N–C) groups is 2. The quantitative estimate of drug-likeness (QED) is 0.388. The smallest absolute Gasteiger partial charge is 0.207 e. The fourth-order valence-electron chi connectivity index (χ4n) is 2.29. The SMILES string of the molecule is FNC1(F)N(F)C2(F)N(F)C(N(F)F)=NC3=NC(F)(F)N(F)C(F)(N1F)N32. The maximum absolute atomic E-state index is 14.9. The molecule has 0 aromatic rings. The van der Waals surface area contributed by atoms with Crippen LogP contribution in [0.5, 0.6) is 0 Å². The molecule has 1 N–H and O–H groups in total. The van der Waals surface area contributed by atoms with E-state index in [1.807, 2.05) is 4.99 Å². The molecule has 3 aliphatic heterocycles. The topological polar surface area (TPSA) is 56.2 Å². The number of hydrogen-bond acceptors (Lipinski definition) is 9. The highest BCUT2D eigenvalue weighted by Crippen LogP contribution is 2.55. The van der Waals surface area contributed by atoms with E-state index in [1.54, 1.807) is 0 Å². The van der Waals surface area contributed by atoms with E-state index in [9.17, 15) is 53.3 Å². The molecule has 0 amide bonds. The Hall–Kier alpha value is -2.26. The standard InChI is InChI=1S/C6HF12N9/c7-3(8)20-1-19-2(24(14)15)23(13)5(10)22(1)6(11,25(3)16)27(18)4(9,21-12)26(5)17/h21H. The van der Waals surface area contributed by atoms with Crippen LogP contribution >= 0.6 is 0 Å². The summed E-state index contributed by atoms with van der Waals surface area (Å²) in [5.41, 5.74) is -0.605. The lowest BCUT2D eigenvalue weighted by molar-refractivity contribution is -0.575. The monoisotopic (exact) mass is 427 g/mol. The highest BCUT2D eigenvalue weighted by Gasteiger charge is 2.85. The van der Waals surface area contributed by atoms with E-state index >= 15 is 0 Å². The highest BCUT2D eigenvalue weighted by molar-refractivity contribution is 5.97. The zero-order valence-electron chi connectivity index (χ0n) is 11.6. The second-order valence-electron chi connectivity index (χ2n) is 4.81. The Kier molecular flexibility index (Phi) is 3.73. The van der Waals surface area contributed by atoms with Crippen LogP contribution in [0.4, 0.5) is 53.3 Å². The largest absolute Gasteiger partial charge is 0.443 e. The minimum atomic E-state index is -5.75. The first-order chi connectivity index (χ1) is 12.2. The van der Waals surface area contributed by atoms with Gasteiger partial charge in [-0.05, 0) is 10.5 Å². The predicted molar refractivity (Wildman–Crippen MR) is 53.3 cm³/mol. The van der Waals surface area contributed by atoms with Gasteiger partial charge in [-0.3, -0.25) is 0 Å². The molecule has 0 saturated carbocycles. The van der Waals surface area contributed by atoms with Gasteiger partial charge in [0.25, 0.3) is 0 Å². The van der Waals surface area contributed by atoms with Crippen LogP contribution in [0.3, 0.4) is 0 Å². The molecule has 0 aliphatic carbocycles. The number of guanidine groups is 2. The molecule has 0 aromatic heterocycles. The highest BCUT2D eigenvalue weighted by atomic mass is 19.4. The Morgan fingerprint density at radius 3 is 1.85 bits per heavy atom. The molecule has 1 saturated heterocycles. The predicted octanol–water partition coefficient (Wildman–Crippen LogP) is 1.63. The molecular formula is C6HF12N9. The van der Waals surface area contributed by atoms with E-state index < -0.39 is 72.5 Å². The van der Waals surface area contributed by atoms with Crippen LogP contribution in [0.2, 0.25) is 0 Å². The van der Waals surface area contributed by atoms with Crippen LogP contribution < -0.4 is 5.54 Å². The Balaban J connectivity index is 2.40. The van der Waals surface area contributed by atoms with E-state index in [2.05, 4.69) is 4.99 Å². The van der Waals surface area contributed by atoms with E-state index in [1.165, 1.54) is 0 Å². The third-order valence-corrected chi connectivity index (χ3v) is 3.41. The average Bonchev–Trinajstić information content (AvgIpc) is 2.59. The van der Waals surface area contributed by atoms with Gasteiger partial charge in [-0.15, -0.1) is 17.9 Å². The van der Waals surface area contributed by atoms with Crippen molar-refractivity contribution in [3.05, 3.63) is 0 Å². The molecule has 3 aliphatic rings. The summed E-state index contributed by atoms with van der Waals surface area (Å²) in [5, 5.41) is -12.8. The Morgan fingerprint density at radius 2 is 1.37 bits per heavy atom. The van der Waals surface area contributed by atoms with Gasteiger partial charge >= 0.3 is 30.3 Å². The summed E-state index contributed by atoms with van der Waals surface area (Å²) in [6.45, 7) is 0. The normalized spacial score (nSPS) is 39.9. The van der Waals surface area contributed by atoms with Gasteiger partial charge in [0, 0.05) is 10.2 Å². The molecule has 3 rings (SSSR count). The molecule has 21 heteroatoms. The van der Waals surface area contributed by atoms with Crippen LogP contribution in [0, 0.1) is 0 Å². The van der Waals surface area contributed by atoms with Crippen molar-refractivity contribution in [2.45, 2.75) is 24.3 Å². The molecule has 0 radical (unpaired) electrons. The molecule has 3 atom stereocenters. The van der Waals surface area contributed by atoms with E-state index in [4.69, 9.17) is 0 Å². The minimum absolute atomic E-state index is 0.605. The third kappa shape index (κ3) is 1.96. The fraction of sp³-hybridized carbons (Fsp3) is 0.667. The molecule has 0 spiro atoms. The van der Waals surface area contributed by atoms with Gasteiger partial charge in [-0.1, -0.05) is 24.1 Å². The molecule has 0 aromatic carbocycles. The second kappa shape index (κ2) is 5.17. The summed E-state index contributed by atoms with van der Waals surface area (Å²) in [6.07, 6.45) is -5.62. The molecule has 27 heavy (non-hydrogen) atoms. The lowest BCUT2D eigenvalue weighted by Gasteiger charge is -2.59. The lowest BCUT2D eigenvalue weighted by atomic mass is 10.3. The first-order valence-electron chi connectivity index (χ1n) is 5.98. The molecule has 154 valence electrons. The zero-order valence-corrected chi connectivity index (χ0v) is 11.6. The van der Waals surface area contributed by atoms with Crippen molar-refractivity contribution in [1.82, 2.24) is 36.3 Å². The molecule has 3 heterocycles. The van der Waals surface area contributed by atoms with Gasteiger partial charge in [-0.25, -0.2) is 4.90 Å². The van der Waals surface area contributed by atoms with Crippen molar-refractivity contribution in [1.29, 1.82) is 0 Å². The summed E-state index contributed by atoms with van der Waals surface area (Å²) in [5.74, 6) is -5.22. The number of halogens is 12. The van der Waals surface area contributed by atoms with Crippen molar-refractivity contribution in [2.75, 3.05) is 0 Å². The van der Waals surface area contributed by atoms with Crippen LogP contribution in [-0.4, -0.2) is 66.9 Å². The number of nitrogens with one attached hydrogen (secondary N) is 1. The third-order valence-electron chi connectivity index (χ3n) is 3.41. The van der Waals surface area contributed by atoms with Crippen molar-refractivity contribution >= 4 is 11.9 Å². The van der Waals surface area contributed by atoms with E-state index in [0.29, 0.717) is 0 Å². The van der Waals surface area contributed by atoms with Crippen molar-refractivity contribution in [2.24, 2.45) is 9.98 Å². The van der Waals surface area contributed by atoms with Gasteiger partial charge in [0.15, 0.2) is 0 Å². The average molecular weight is 427 g/mol. The molecule has 1 fully saturated rings. The van der Waals surface area contributed by atoms with Crippen LogP contribution in [0.15, 0.2) is 9.98 Å². The number of rotatable bonds is 1. The molecule has 3 unspecified atom stereocenters. The summed E-state index contributed by atoms with van der Waals surface area (Å²) >= 11 is 0. The first-order valence-corrected chi connectivity index (χ1v) is 5.98. The van der Waals surface area contributed by atoms with Gasteiger partial charge in [0.2, 0.25) is 5.96 Å². The zero-order chi connectivity index (χ0) is 20.7. The Bertz CT molecular complexity index is 717. The second-order valence-corrected chi connectivity index (χ2v) is 4.81. The van der Waals surface area contributed by atoms with Gasteiger partial charge in [0.05, 0.1) is 0 Å². The Labute approximate surface area is 137 Å². The Morgan fingerprint density at radius 1 is 0.852 bits per heavy atom.